The van der Waals surface area contributed by atoms with Gasteiger partial charge < -0.3 is 0 Å². The van der Waals surface area contributed by atoms with E-state index in [1.165, 1.54) is 15.4 Å². The van der Waals surface area contributed by atoms with Gasteiger partial charge in [-0.05, 0) is 23.8 Å². The number of hydrogen-bond acceptors (Lipinski definition) is 3. The van der Waals surface area contributed by atoms with Crippen LogP contribution in [0.15, 0.2) is 65.8 Å². The molecule has 2 heterocycles. The Morgan fingerprint density at radius 2 is 1.70 bits per heavy atom. The van der Waals surface area contributed by atoms with Crippen LogP contribution < -0.4 is 0 Å². The second kappa shape index (κ2) is 4.65. The third-order valence-electron chi connectivity index (χ3n) is 3.24. The average molecular weight is 277 g/mol. The van der Waals surface area contributed by atoms with Crippen molar-refractivity contribution in [2.75, 3.05) is 0 Å². The zero-order valence-electron chi connectivity index (χ0n) is 10.6. The van der Waals surface area contributed by atoms with Gasteiger partial charge >= 0.3 is 0 Å². The second-order valence-electron chi connectivity index (χ2n) is 4.50. The first kappa shape index (κ1) is 11.5. The minimum Gasteiger partial charge on any atom is -0.281 e. The van der Waals surface area contributed by atoms with Gasteiger partial charge in [-0.3, -0.25) is 4.57 Å². The molecule has 1 aliphatic heterocycles. The summed E-state index contributed by atoms with van der Waals surface area (Å²) in [5, 5.41) is 8.25. The van der Waals surface area contributed by atoms with Gasteiger partial charge in [0.15, 0.2) is 5.82 Å². The zero-order chi connectivity index (χ0) is 13.4. The molecule has 4 heteroatoms. The van der Waals surface area contributed by atoms with Gasteiger partial charge in [-0.25, -0.2) is 0 Å². The van der Waals surface area contributed by atoms with E-state index in [-0.39, 0.29) is 0 Å². The van der Waals surface area contributed by atoms with Crippen LogP contribution in [0.4, 0.5) is 0 Å². The van der Waals surface area contributed by atoms with Gasteiger partial charge in [-0.2, -0.15) is 0 Å². The lowest BCUT2D eigenvalue weighted by Gasteiger charge is -2.08. The number of fused-ring (bicyclic) bond motifs is 3. The minimum absolute atomic E-state index is 0.862. The van der Waals surface area contributed by atoms with E-state index in [4.69, 9.17) is 0 Å². The molecule has 1 aromatic heterocycles. The third-order valence-corrected chi connectivity index (χ3v) is 4.38. The molecule has 0 aliphatic carbocycles. The quantitative estimate of drug-likeness (QED) is 0.676. The number of nitrogens with zero attached hydrogens (tertiary/aromatic N) is 3. The molecule has 0 fully saturated rings. The van der Waals surface area contributed by atoms with Gasteiger partial charge in [0, 0.05) is 9.80 Å². The normalized spacial score (nSPS) is 13.1. The van der Waals surface area contributed by atoms with E-state index >= 15 is 0 Å². The maximum Gasteiger partial charge on any atom is 0.162 e. The van der Waals surface area contributed by atoms with Crippen LogP contribution in [-0.2, 0) is 0 Å². The molecule has 1 aliphatic rings. The van der Waals surface area contributed by atoms with Gasteiger partial charge in [0.1, 0.15) is 6.33 Å². The minimum atomic E-state index is 0.862. The van der Waals surface area contributed by atoms with Crippen LogP contribution in [0.3, 0.4) is 0 Å². The lowest BCUT2D eigenvalue weighted by Crippen LogP contribution is -1.95. The van der Waals surface area contributed by atoms with Gasteiger partial charge in [0.2, 0.25) is 0 Å². The van der Waals surface area contributed by atoms with Crippen LogP contribution in [0.25, 0.3) is 16.7 Å². The highest BCUT2D eigenvalue weighted by Gasteiger charge is 2.16. The number of rotatable bonds is 1. The lowest BCUT2D eigenvalue weighted by molar-refractivity contribution is 1.01. The van der Waals surface area contributed by atoms with Crippen molar-refractivity contribution in [3.63, 3.8) is 0 Å². The predicted molar refractivity (Wildman–Crippen MR) is 81.5 cm³/mol. The second-order valence-corrected chi connectivity index (χ2v) is 5.59. The molecule has 0 radical (unpaired) electrons. The van der Waals surface area contributed by atoms with Crippen LogP contribution in [0, 0.1) is 0 Å². The summed E-state index contributed by atoms with van der Waals surface area (Å²) in [4.78, 5) is 2.39. The molecule has 0 amide bonds. The number of para-hydroxylation sites is 1. The van der Waals surface area contributed by atoms with E-state index in [2.05, 4.69) is 58.7 Å². The molecular weight excluding hydrogens is 266 g/mol. The number of aromatic nitrogens is 3. The molecule has 2 aromatic carbocycles. The Hall–Kier alpha value is -2.33. The molecule has 3 aromatic rings. The molecule has 0 saturated carbocycles. The third kappa shape index (κ3) is 1.85. The summed E-state index contributed by atoms with van der Waals surface area (Å²) in [7, 11) is 0. The lowest BCUT2D eigenvalue weighted by atomic mass is 10.2. The first-order chi connectivity index (χ1) is 9.92. The fraction of sp³-hybridized carbons (Fsp3) is 0. The maximum atomic E-state index is 4.21. The summed E-state index contributed by atoms with van der Waals surface area (Å²) in [6, 6.07) is 18.7. The molecule has 20 heavy (non-hydrogen) atoms. The summed E-state index contributed by atoms with van der Waals surface area (Å²) >= 11 is 1.76. The van der Waals surface area contributed by atoms with E-state index in [1.54, 1.807) is 18.1 Å². The largest absolute Gasteiger partial charge is 0.281 e. The summed E-state index contributed by atoms with van der Waals surface area (Å²) in [5.74, 6) is 0.862. The highest BCUT2D eigenvalue weighted by molar-refractivity contribution is 8.08. The summed E-state index contributed by atoms with van der Waals surface area (Å²) in [5.41, 5.74) is 2.32. The van der Waals surface area contributed by atoms with Gasteiger partial charge in [-0.15, -0.1) is 10.2 Å². The molecule has 0 unspecified atom stereocenters. The Balaban J connectivity index is 1.94. The Kier molecular flexibility index (Phi) is 2.67. The summed E-state index contributed by atoms with van der Waals surface area (Å²) in [6.07, 6.45) is 3.85. The first-order valence-corrected chi connectivity index (χ1v) is 7.18. The summed E-state index contributed by atoms with van der Waals surface area (Å²) in [6.45, 7) is 0. The van der Waals surface area contributed by atoms with Crippen molar-refractivity contribution in [2.24, 2.45) is 0 Å². The fourth-order valence-electron chi connectivity index (χ4n) is 2.28. The molecule has 0 atom stereocenters. The Morgan fingerprint density at radius 3 is 2.60 bits per heavy atom. The van der Waals surface area contributed by atoms with Crippen LogP contribution in [0.2, 0.25) is 0 Å². The van der Waals surface area contributed by atoms with Crippen molar-refractivity contribution in [2.45, 2.75) is 4.90 Å². The molecule has 4 rings (SSSR count). The molecule has 0 saturated heterocycles. The van der Waals surface area contributed by atoms with Gasteiger partial charge in [-0.1, -0.05) is 54.2 Å². The zero-order valence-corrected chi connectivity index (χ0v) is 11.4. The number of thioether (sulfide) groups is 1. The first-order valence-electron chi connectivity index (χ1n) is 6.36. The van der Waals surface area contributed by atoms with E-state index in [0.717, 1.165) is 11.5 Å². The van der Waals surface area contributed by atoms with E-state index in [9.17, 15) is 0 Å². The van der Waals surface area contributed by atoms with Crippen molar-refractivity contribution < 1.29 is 0 Å². The molecule has 0 bridgehead atoms. The van der Waals surface area contributed by atoms with E-state index in [1.807, 2.05) is 16.7 Å². The van der Waals surface area contributed by atoms with Crippen LogP contribution in [-0.4, -0.2) is 14.8 Å². The SMILES string of the molecule is C1=C(c2ccccc2)Sc2ccccc2-n2cnnc21. The molecule has 0 N–H and O–H groups in total. The number of benzene rings is 2. The van der Waals surface area contributed by atoms with Crippen LogP contribution in [0.1, 0.15) is 11.4 Å². The maximum absolute atomic E-state index is 4.21. The molecule has 96 valence electrons. The predicted octanol–water partition coefficient (Wildman–Crippen LogP) is 3.87. The molecular formula is C16H11N3S. The smallest absolute Gasteiger partial charge is 0.162 e. The number of hydrogen-bond donors (Lipinski definition) is 0. The topological polar surface area (TPSA) is 30.7 Å². The Morgan fingerprint density at radius 1 is 0.900 bits per heavy atom. The van der Waals surface area contributed by atoms with Crippen molar-refractivity contribution in [3.05, 3.63) is 72.3 Å². The van der Waals surface area contributed by atoms with Gasteiger partial charge in [0.05, 0.1) is 5.69 Å². The standard InChI is InChI=1S/C16H11N3S/c1-2-6-12(7-3-1)15-10-16-18-17-11-19(16)13-8-4-5-9-14(13)20-15/h1-11H. The van der Waals surface area contributed by atoms with Crippen molar-refractivity contribution in [1.29, 1.82) is 0 Å². The highest BCUT2D eigenvalue weighted by Crippen LogP contribution is 2.41. The van der Waals surface area contributed by atoms with E-state index < -0.39 is 0 Å². The van der Waals surface area contributed by atoms with Crippen LogP contribution in [0.5, 0.6) is 0 Å². The van der Waals surface area contributed by atoms with E-state index in [0.29, 0.717) is 0 Å². The Labute approximate surface area is 121 Å². The van der Waals surface area contributed by atoms with Crippen LogP contribution >= 0.6 is 11.8 Å². The monoisotopic (exact) mass is 277 g/mol. The fourth-order valence-corrected chi connectivity index (χ4v) is 3.35. The summed E-state index contributed by atoms with van der Waals surface area (Å²) < 4.78 is 2.03. The van der Waals surface area contributed by atoms with Crippen molar-refractivity contribution >= 4 is 22.7 Å². The highest BCUT2D eigenvalue weighted by atomic mass is 32.2. The molecule has 0 spiro atoms. The Bertz CT molecular complexity index is 790. The average Bonchev–Trinajstić information content (AvgIpc) is 2.90. The molecule has 3 nitrogen and oxygen atoms in total. The van der Waals surface area contributed by atoms with Gasteiger partial charge in [0.25, 0.3) is 0 Å². The van der Waals surface area contributed by atoms with Crippen molar-refractivity contribution in [3.8, 4) is 5.69 Å². The van der Waals surface area contributed by atoms with Crippen molar-refractivity contribution in [1.82, 2.24) is 14.8 Å².